The van der Waals surface area contributed by atoms with Crippen LogP contribution in [0.2, 0.25) is 0 Å². The topological polar surface area (TPSA) is 47.3 Å². The number of allylic oxidation sites excluding steroid dienone is 2. The summed E-state index contributed by atoms with van der Waals surface area (Å²) in [6.07, 6.45) is 1.10. The molecular formula is C28H19BrO3. The lowest BCUT2D eigenvalue weighted by molar-refractivity contribution is 0.0971. The second-order valence-corrected chi connectivity index (χ2v) is 9.17. The first-order chi connectivity index (χ1) is 15.5. The first-order valence-electron chi connectivity index (χ1n) is 10.8. The van der Waals surface area contributed by atoms with Gasteiger partial charge in [-0.3, -0.25) is 9.59 Å². The van der Waals surface area contributed by atoms with Crippen molar-refractivity contribution in [3.05, 3.63) is 81.3 Å². The van der Waals surface area contributed by atoms with Crippen LogP contribution in [0.25, 0.3) is 43.5 Å². The lowest BCUT2D eigenvalue weighted by atomic mass is 9.79. The monoisotopic (exact) mass is 482 g/mol. The number of carbonyl (C=O) groups excluding carboxylic acids is 2. The highest BCUT2D eigenvalue weighted by Crippen LogP contribution is 2.43. The molecule has 156 valence electrons. The molecule has 0 spiro atoms. The second kappa shape index (κ2) is 6.88. The number of furan rings is 1. The Morgan fingerprint density at radius 1 is 0.719 bits per heavy atom. The Bertz CT molecular complexity index is 1680. The van der Waals surface area contributed by atoms with Crippen molar-refractivity contribution in [1.29, 1.82) is 0 Å². The Hall–Kier alpha value is -3.24. The van der Waals surface area contributed by atoms with E-state index in [2.05, 4.69) is 28.1 Å². The summed E-state index contributed by atoms with van der Waals surface area (Å²) in [6, 6.07) is 17.9. The van der Waals surface area contributed by atoms with E-state index in [1.54, 1.807) is 0 Å². The van der Waals surface area contributed by atoms with Crippen molar-refractivity contribution < 1.29 is 14.0 Å². The summed E-state index contributed by atoms with van der Waals surface area (Å²) in [5.74, 6) is -0.0638. The number of Topliss-reactive ketones (excluding diaryl/α,β-unsaturated/α-hetero) is 2. The van der Waals surface area contributed by atoms with Gasteiger partial charge in [-0.25, -0.2) is 0 Å². The third kappa shape index (κ3) is 2.47. The molecule has 32 heavy (non-hydrogen) atoms. The van der Waals surface area contributed by atoms with Crippen molar-refractivity contribution in [2.45, 2.75) is 26.7 Å². The Morgan fingerprint density at radius 2 is 1.34 bits per heavy atom. The van der Waals surface area contributed by atoms with Crippen LogP contribution in [-0.4, -0.2) is 11.6 Å². The van der Waals surface area contributed by atoms with Gasteiger partial charge in [0.1, 0.15) is 11.2 Å². The maximum atomic E-state index is 13.7. The number of ketones is 2. The highest BCUT2D eigenvalue weighted by Gasteiger charge is 2.32. The van der Waals surface area contributed by atoms with Gasteiger partial charge >= 0.3 is 0 Å². The Labute approximate surface area is 192 Å². The summed E-state index contributed by atoms with van der Waals surface area (Å²) in [5.41, 5.74) is 3.78. The lowest BCUT2D eigenvalue weighted by Crippen LogP contribution is -2.22. The largest absolute Gasteiger partial charge is 0.456 e. The average molecular weight is 483 g/mol. The molecule has 0 unspecified atom stereocenters. The van der Waals surface area contributed by atoms with Gasteiger partial charge in [0.2, 0.25) is 0 Å². The van der Waals surface area contributed by atoms with Crippen molar-refractivity contribution in [2.24, 2.45) is 0 Å². The minimum absolute atomic E-state index is 0.0294. The number of benzene rings is 4. The molecule has 0 N–H and O–H groups in total. The maximum Gasteiger partial charge on any atom is 0.190 e. The van der Waals surface area contributed by atoms with E-state index in [1.165, 1.54) is 0 Å². The molecule has 3 nitrogen and oxygen atoms in total. The summed E-state index contributed by atoms with van der Waals surface area (Å²) in [4.78, 5) is 27.1. The zero-order chi connectivity index (χ0) is 22.1. The Morgan fingerprint density at radius 3 is 2.09 bits per heavy atom. The van der Waals surface area contributed by atoms with Crippen LogP contribution in [0.5, 0.6) is 0 Å². The average Bonchev–Trinajstić information content (AvgIpc) is 3.19. The Balaban J connectivity index is 1.87. The van der Waals surface area contributed by atoms with Crippen molar-refractivity contribution in [3.8, 4) is 0 Å². The Kier molecular flexibility index (Phi) is 4.18. The molecule has 0 amide bonds. The predicted molar refractivity (Wildman–Crippen MR) is 133 cm³/mol. The molecule has 5 aromatic rings. The van der Waals surface area contributed by atoms with E-state index in [4.69, 9.17) is 4.42 Å². The van der Waals surface area contributed by atoms with Gasteiger partial charge in [-0.15, -0.1) is 0 Å². The third-order valence-corrected chi connectivity index (χ3v) is 7.15. The zero-order valence-electron chi connectivity index (χ0n) is 17.7. The van der Waals surface area contributed by atoms with Gasteiger partial charge in [0, 0.05) is 42.9 Å². The van der Waals surface area contributed by atoms with Crippen LogP contribution >= 0.6 is 15.9 Å². The molecule has 4 heteroatoms. The molecule has 6 rings (SSSR count). The zero-order valence-corrected chi connectivity index (χ0v) is 19.3. The van der Waals surface area contributed by atoms with Crippen molar-refractivity contribution in [1.82, 2.24) is 0 Å². The fraction of sp³-hybridized carbons (Fsp3) is 0.143. The van der Waals surface area contributed by atoms with Crippen LogP contribution in [0.1, 0.15) is 47.4 Å². The highest BCUT2D eigenvalue weighted by atomic mass is 79.9. The molecule has 0 aliphatic heterocycles. The van der Waals surface area contributed by atoms with Crippen LogP contribution in [0.3, 0.4) is 0 Å². The molecule has 0 radical (unpaired) electrons. The number of hydrogen-bond acceptors (Lipinski definition) is 3. The van der Waals surface area contributed by atoms with Gasteiger partial charge in [-0.05, 0) is 59.3 Å². The molecule has 0 saturated carbocycles. The molecular weight excluding hydrogens is 464 g/mol. The van der Waals surface area contributed by atoms with E-state index in [0.717, 1.165) is 48.0 Å². The smallest absolute Gasteiger partial charge is 0.190 e. The minimum atomic E-state index is -0.0344. The van der Waals surface area contributed by atoms with Crippen molar-refractivity contribution in [3.63, 3.8) is 0 Å². The second-order valence-electron chi connectivity index (χ2n) is 8.25. The van der Waals surface area contributed by atoms with E-state index in [0.29, 0.717) is 35.1 Å². The predicted octanol–water partition coefficient (Wildman–Crippen LogP) is 8.15. The first-order valence-corrected chi connectivity index (χ1v) is 11.6. The quantitative estimate of drug-likeness (QED) is 0.255. The summed E-state index contributed by atoms with van der Waals surface area (Å²) < 4.78 is 7.21. The lowest BCUT2D eigenvalue weighted by Gasteiger charge is -2.21. The van der Waals surface area contributed by atoms with E-state index in [-0.39, 0.29) is 11.6 Å². The normalized spacial score (nSPS) is 14.3. The van der Waals surface area contributed by atoms with Gasteiger partial charge in [0.25, 0.3) is 0 Å². The summed E-state index contributed by atoms with van der Waals surface area (Å²) >= 11 is 3.59. The van der Waals surface area contributed by atoms with Crippen LogP contribution in [0, 0.1) is 0 Å². The molecule has 1 aromatic heterocycles. The molecule has 0 bridgehead atoms. The first kappa shape index (κ1) is 19.4. The van der Waals surface area contributed by atoms with Crippen molar-refractivity contribution in [2.75, 3.05) is 0 Å². The van der Waals surface area contributed by atoms with Gasteiger partial charge in [0.05, 0.1) is 0 Å². The van der Waals surface area contributed by atoms with E-state index in [1.807, 2.05) is 56.3 Å². The van der Waals surface area contributed by atoms with Gasteiger partial charge in [-0.2, -0.15) is 0 Å². The number of halogens is 1. The van der Waals surface area contributed by atoms with Gasteiger partial charge < -0.3 is 4.42 Å². The molecule has 0 fully saturated rings. The number of hydrogen-bond donors (Lipinski definition) is 0. The van der Waals surface area contributed by atoms with E-state index >= 15 is 0 Å². The minimum Gasteiger partial charge on any atom is -0.456 e. The molecule has 0 atom stereocenters. The van der Waals surface area contributed by atoms with E-state index in [9.17, 15) is 9.59 Å². The van der Waals surface area contributed by atoms with Crippen molar-refractivity contribution >= 4 is 71.0 Å². The SMILES string of the molecule is CCC1=C(CC)C(=O)c2c(ccc3ccc4oc5ccc6ccc(Br)cc6c5c4c23)C1=O. The number of fused-ring (bicyclic) bond motifs is 9. The third-order valence-electron chi connectivity index (χ3n) is 6.65. The molecule has 4 aromatic carbocycles. The van der Waals surface area contributed by atoms with Crippen LogP contribution in [0.15, 0.2) is 74.6 Å². The number of carbonyl (C=O) groups is 2. The van der Waals surface area contributed by atoms with E-state index < -0.39 is 0 Å². The molecule has 1 aliphatic carbocycles. The van der Waals surface area contributed by atoms with Crippen LogP contribution < -0.4 is 0 Å². The molecule has 1 aliphatic rings. The van der Waals surface area contributed by atoms with Gasteiger partial charge in [-0.1, -0.05) is 54.0 Å². The molecule has 0 saturated heterocycles. The maximum absolute atomic E-state index is 13.7. The molecule has 1 heterocycles. The van der Waals surface area contributed by atoms with Crippen LogP contribution in [0.4, 0.5) is 0 Å². The summed E-state index contributed by atoms with van der Waals surface area (Å²) in [5, 5.41) is 5.76. The summed E-state index contributed by atoms with van der Waals surface area (Å²) in [6.45, 7) is 3.88. The fourth-order valence-corrected chi connectivity index (χ4v) is 5.59. The summed E-state index contributed by atoms with van der Waals surface area (Å²) in [7, 11) is 0. The highest BCUT2D eigenvalue weighted by molar-refractivity contribution is 9.10. The van der Waals surface area contributed by atoms with Crippen LogP contribution in [-0.2, 0) is 0 Å². The van der Waals surface area contributed by atoms with Gasteiger partial charge in [0.15, 0.2) is 11.6 Å². The fourth-order valence-electron chi connectivity index (χ4n) is 5.23. The number of rotatable bonds is 2. The standard InChI is InChI=1S/C28H19BrO3/c1-3-17-18(4-2)28(31)25-19(27(17)30)10-6-15-8-12-22-26(23(15)25)24-20-13-16(29)9-5-14(20)7-11-21(24)32-22/h5-13H,3-4H2,1-2H3.